The van der Waals surface area contributed by atoms with Gasteiger partial charge in [0.1, 0.15) is 13.1 Å². The molecule has 1 fully saturated rings. The van der Waals surface area contributed by atoms with E-state index in [1.165, 1.54) is 0 Å². The number of pyridine rings is 1. The van der Waals surface area contributed by atoms with Crippen molar-refractivity contribution in [1.82, 2.24) is 15.2 Å². The normalized spacial score (nSPS) is 14.8. The van der Waals surface area contributed by atoms with Crippen molar-refractivity contribution < 1.29 is 14.7 Å². The first kappa shape index (κ1) is 21.7. The second-order valence-corrected chi connectivity index (χ2v) is 7.94. The number of fused-ring (bicyclic) bond motifs is 1. The van der Waals surface area contributed by atoms with Crippen LogP contribution in [0.3, 0.4) is 0 Å². The molecule has 0 radical (unpaired) electrons. The van der Waals surface area contributed by atoms with Crippen LogP contribution in [-0.2, 0) is 11.3 Å². The number of morpholine rings is 1. The highest BCUT2D eigenvalue weighted by molar-refractivity contribution is 7.80. The van der Waals surface area contributed by atoms with E-state index in [0.717, 1.165) is 62.3 Å². The highest BCUT2D eigenvalue weighted by Gasteiger charge is 2.15. The van der Waals surface area contributed by atoms with E-state index in [1.807, 2.05) is 36.1 Å². The van der Waals surface area contributed by atoms with Crippen LogP contribution < -0.4 is 15.8 Å². The Balaban J connectivity index is 1.58. The monoisotopic (exact) mass is 419 g/mol. The molecule has 0 aliphatic carbocycles. The van der Waals surface area contributed by atoms with E-state index >= 15 is 0 Å². The maximum Gasteiger partial charge on any atom is 0.253 e. The van der Waals surface area contributed by atoms with Crippen LogP contribution in [0.2, 0.25) is 0 Å². The summed E-state index contributed by atoms with van der Waals surface area (Å²) in [4.78, 5) is 18.9. The van der Waals surface area contributed by atoms with Gasteiger partial charge in [0, 0.05) is 30.6 Å². The zero-order valence-electron chi connectivity index (χ0n) is 17.0. The van der Waals surface area contributed by atoms with Crippen molar-refractivity contribution in [2.45, 2.75) is 19.9 Å². The molecule has 0 unspecified atom stereocenters. The molecule has 3 rings (SSSR count). The third-order valence-electron chi connectivity index (χ3n) is 5.28. The third kappa shape index (κ3) is 6.24. The lowest BCUT2D eigenvalue weighted by molar-refractivity contribution is -0.908. The first-order valence-electron chi connectivity index (χ1n) is 10.2. The zero-order valence-corrected chi connectivity index (χ0v) is 17.8. The molecule has 7 nitrogen and oxygen atoms in total. The number of ether oxygens (including phenoxy) is 1. The maximum atomic E-state index is 12.5. The zero-order chi connectivity index (χ0) is 20.6. The average molecular weight is 420 g/mol. The lowest BCUT2D eigenvalue weighted by Crippen LogP contribution is -3.14. The van der Waals surface area contributed by atoms with Crippen molar-refractivity contribution in [3.8, 4) is 0 Å². The van der Waals surface area contributed by atoms with Gasteiger partial charge in [0.25, 0.3) is 5.56 Å². The molecule has 8 heteroatoms. The van der Waals surface area contributed by atoms with Crippen molar-refractivity contribution in [2.24, 2.45) is 0 Å². The second-order valence-electron chi connectivity index (χ2n) is 7.56. The minimum atomic E-state index is -0.121. The summed E-state index contributed by atoms with van der Waals surface area (Å²) < 4.78 is 5.39. The van der Waals surface area contributed by atoms with Crippen molar-refractivity contribution in [3.63, 3.8) is 0 Å². The quantitative estimate of drug-likeness (QED) is 0.351. The van der Waals surface area contributed by atoms with Gasteiger partial charge in [-0.3, -0.25) is 4.79 Å². The number of aliphatic hydroxyl groups is 1. The molecular formula is C21H31N4O3S+. The van der Waals surface area contributed by atoms with Crippen LogP contribution in [0.1, 0.15) is 17.5 Å². The van der Waals surface area contributed by atoms with Gasteiger partial charge >= 0.3 is 0 Å². The van der Waals surface area contributed by atoms with E-state index in [0.29, 0.717) is 23.8 Å². The predicted octanol–water partition coefficient (Wildman–Crippen LogP) is -0.189. The summed E-state index contributed by atoms with van der Waals surface area (Å²) in [6.07, 6.45) is 1.01. The summed E-state index contributed by atoms with van der Waals surface area (Å²) >= 11 is 5.53. The number of nitrogens with one attached hydrogen (secondary N) is 3. The van der Waals surface area contributed by atoms with Crippen LogP contribution in [0.25, 0.3) is 10.9 Å². The summed E-state index contributed by atoms with van der Waals surface area (Å²) in [5.41, 5.74) is 2.45. The number of hydrogen-bond acceptors (Lipinski definition) is 4. The van der Waals surface area contributed by atoms with E-state index in [1.54, 1.807) is 4.90 Å². The van der Waals surface area contributed by atoms with Crippen molar-refractivity contribution in [3.05, 3.63) is 45.7 Å². The van der Waals surface area contributed by atoms with E-state index < -0.39 is 0 Å². The average Bonchev–Trinajstić information content (AvgIpc) is 2.72. The van der Waals surface area contributed by atoms with Crippen molar-refractivity contribution >= 4 is 28.2 Å². The van der Waals surface area contributed by atoms with Crippen LogP contribution in [0.5, 0.6) is 0 Å². The maximum absolute atomic E-state index is 12.5. The highest BCUT2D eigenvalue weighted by Crippen LogP contribution is 2.14. The number of benzene rings is 1. The fraction of sp³-hybridized carbons (Fsp3) is 0.524. The molecule has 0 bridgehead atoms. The van der Waals surface area contributed by atoms with Crippen LogP contribution in [0.4, 0.5) is 0 Å². The van der Waals surface area contributed by atoms with Crippen LogP contribution in [-0.4, -0.2) is 72.6 Å². The van der Waals surface area contributed by atoms with Gasteiger partial charge in [0.2, 0.25) is 0 Å². The molecule has 158 valence electrons. The largest absolute Gasteiger partial charge is 0.395 e. The number of aromatic nitrogens is 1. The summed E-state index contributed by atoms with van der Waals surface area (Å²) in [7, 11) is 0. The number of thiocarbonyl (C=S) groups is 1. The number of quaternary nitrogens is 1. The highest BCUT2D eigenvalue weighted by atomic mass is 32.1. The standard InChI is InChI=1S/C21H30N4O3S/c1-16-3-4-17-14-18(20(27)23-19(17)13-16)15-25(7-10-26)21(29)22-5-2-6-24-8-11-28-12-9-24/h3-4,13-14,26H,2,5-12,15H2,1H3,(H,22,29)(H,23,27)/p+1. The number of aromatic amines is 1. The van der Waals surface area contributed by atoms with Gasteiger partial charge in [-0.25, -0.2) is 0 Å². The van der Waals surface area contributed by atoms with E-state index in [-0.39, 0.29) is 12.2 Å². The molecule has 2 aromatic rings. The number of rotatable bonds is 8. The molecule has 0 spiro atoms. The SMILES string of the molecule is Cc1ccc2cc(CN(CCO)C(=S)NCCC[NH+]3CCOCC3)c(=O)[nH]c2c1. The van der Waals surface area contributed by atoms with Gasteiger partial charge in [-0.1, -0.05) is 12.1 Å². The van der Waals surface area contributed by atoms with Crippen LogP contribution >= 0.6 is 12.2 Å². The Morgan fingerprint density at radius 1 is 1.34 bits per heavy atom. The Labute approximate surface area is 176 Å². The summed E-state index contributed by atoms with van der Waals surface area (Å²) in [6, 6.07) is 7.90. The van der Waals surface area contributed by atoms with Gasteiger partial charge in [-0.2, -0.15) is 0 Å². The number of H-pyrrole nitrogens is 1. The van der Waals surface area contributed by atoms with E-state index in [4.69, 9.17) is 17.0 Å². The number of aryl methyl sites for hydroxylation is 1. The molecule has 0 saturated carbocycles. The Morgan fingerprint density at radius 3 is 2.90 bits per heavy atom. The topological polar surface area (TPSA) is 82.0 Å². The third-order valence-corrected chi connectivity index (χ3v) is 5.68. The van der Waals surface area contributed by atoms with Gasteiger partial charge in [-0.05, 0) is 42.2 Å². The summed E-state index contributed by atoms with van der Waals surface area (Å²) in [6.45, 7) is 8.38. The smallest absolute Gasteiger partial charge is 0.253 e. The van der Waals surface area contributed by atoms with Gasteiger partial charge < -0.3 is 29.9 Å². The summed E-state index contributed by atoms with van der Waals surface area (Å²) in [5.74, 6) is 0. The molecular weight excluding hydrogens is 388 g/mol. The van der Waals surface area contributed by atoms with Crippen LogP contribution in [0, 0.1) is 6.92 Å². The lowest BCUT2D eigenvalue weighted by atomic mass is 10.1. The first-order chi connectivity index (χ1) is 14.1. The minimum Gasteiger partial charge on any atom is -0.395 e. The van der Waals surface area contributed by atoms with E-state index in [9.17, 15) is 9.90 Å². The minimum absolute atomic E-state index is 0.0234. The molecule has 4 N–H and O–H groups in total. The van der Waals surface area contributed by atoms with Crippen LogP contribution in [0.15, 0.2) is 29.1 Å². The fourth-order valence-electron chi connectivity index (χ4n) is 3.61. The molecule has 1 saturated heterocycles. The summed E-state index contributed by atoms with van der Waals surface area (Å²) in [5, 5.41) is 14.3. The van der Waals surface area contributed by atoms with E-state index in [2.05, 4.69) is 10.3 Å². The molecule has 2 heterocycles. The Hall–Kier alpha value is -2.00. The number of nitrogens with zero attached hydrogens (tertiary/aromatic N) is 1. The van der Waals surface area contributed by atoms with Gasteiger partial charge in [0.05, 0.1) is 32.9 Å². The molecule has 1 aromatic carbocycles. The number of hydrogen-bond donors (Lipinski definition) is 4. The lowest BCUT2D eigenvalue weighted by Gasteiger charge is -2.26. The van der Waals surface area contributed by atoms with Crippen molar-refractivity contribution in [1.29, 1.82) is 0 Å². The number of aliphatic hydroxyl groups excluding tert-OH is 1. The molecule has 29 heavy (non-hydrogen) atoms. The second kappa shape index (κ2) is 10.7. The Bertz CT molecular complexity index is 880. The molecule has 1 aliphatic heterocycles. The van der Waals surface area contributed by atoms with Gasteiger partial charge in [-0.15, -0.1) is 0 Å². The fourth-order valence-corrected chi connectivity index (χ4v) is 3.87. The molecule has 0 atom stereocenters. The Kier molecular flexibility index (Phi) is 8.00. The first-order valence-corrected chi connectivity index (χ1v) is 10.6. The van der Waals surface area contributed by atoms with Crippen molar-refractivity contribution in [2.75, 3.05) is 52.5 Å². The van der Waals surface area contributed by atoms with Gasteiger partial charge in [0.15, 0.2) is 5.11 Å². The Morgan fingerprint density at radius 2 is 2.14 bits per heavy atom. The predicted molar refractivity (Wildman–Crippen MR) is 118 cm³/mol. The molecule has 1 aliphatic rings. The molecule has 0 amide bonds. The molecule has 1 aromatic heterocycles.